The molecule has 1 aliphatic heterocycles. The van der Waals surface area contributed by atoms with Crippen LogP contribution in [0.3, 0.4) is 0 Å². The van der Waals surface area contributed by atoms with Crippen LogP contribution in [-0.4, -0.2) is 49.5 Å². The van der Waals surface area contributed by atoms with E-state index in [9.17, 15) is 9.59 Å². The summed E-state index contributed by atoms with van der Waals surface area (Å²) in [4.78, 5) is 24.7. The molecular weight excluding hydrogens is 250 g/mol. The van der Waals surface area contributed by atoms with Gasteiger partial charge < -0.3 is 15.7 Å². The average molecular weight is 267 g/mol. The summed E-state index contributed by atoms with van der Waals surface area (Å²) in [6.45, 7) is 2.56. The predicted molar refractivity (Wildman–Crippen MR) is 64.8 cm³/mol. The molecule has 1 aliphatic rings. The molecule has 1 saturated heterocycles. The maximum Gasteiger partial charge on any atom is 0.326 e. The lowest BCUT2D eigenvalue weighted by Gasteiger charge is -2.23. The van der Waals surface area contributed by atoms with Crippen LogP contribution < -0.4 is 5.73 Å². The Hall–Kier alpha value is -1.96. The fourth-order valence-corrected chi connectivity index (χ4v) is 2.34. The largest absolute Gasteiger partial charge is 0.480 e. The fraction of sp³-hybridized carbons (Fsp3) is 0.636. The van der Waals surface area contributed by atoms with E-state index in [0.717, 1.165) is 0 Å². The molecule has 8 nitrogen and oxygen atoms in total. The molecule has 1 fully saturated rings. The van der Waals surface area contributed by atoms with Crippen LogP contribution in [0.15, 0.2) is 6.20 Å². The Morgan fingerprint density at radius 3 is 2.89 bits per heavy atom. The molecular formula is C11H17N5O3. The van der Waals surface area contributed by atoms with Crippen LogP contribution in [0.4, 0.5) is 0 Å². The molecule has 8 heteroatoms. The Bertz CT molecular complexity index is 486. The second-order valence-electron chi connectivity index (χ2n) is 4.75. The van der Waals surface area contributed by atoms with E-state index in [0.29, 0.717) is 18.7 Å². The van der Waals surface area contributed by atoms with E-state index in [1.54, 1.807) is 6.20 Å². The number of hydrogen-bond donors (Lipinski definition) is 2. The van der Waals surface area contributed by atoms with E-state index in [1.165, 1.54) is 9.58 Å². The second-order valence-corrected chi connectivity index (χ2v) is 4.75. The Balaban J connectivity index is 2.05. The van der Waals surface area contributed by atoms with Gasteiger partial charge in [0.15, 0.2) is 0 Å². The number of hydrogen-bond acceptors (Lipinski definition) is 5. The van der Waals surface area contributed by atoms with E-state index < -0.39 is 12.0 Å². The van der Waals surface area contributed by atoms with Gasteiger partial charge in [0.05, 0.1) is 11.9 Å². The highest BCUT2D eigenvalue weighted by Gasteiger charge is 2.39. The van der Waals surface area contributed by atoms with Gasteiger partial charge in [-0.3, -0.25) is 4.79 Å². The number of carboxylic acids is 1. The number of carbonyl (C=O) groups is 2. The summed E-state index contributed by atoms with van der Waals surface area (Å²) in [6.07, 6.45) is 2.29. The Morgan fingerprint density at radius 2 is 2.32 bits per heavy atom. The number of carboxylic acid groups (broad SMARTS) is 1. The highest BCUT2D eigenvalue weighted by Crippen LogP contribution is 2.24. The van der Waals surface area contributed by atoms with Gasteiger partial charge in [0.1, 0.15) is 12.6 Å². The average Bonchev–Trinajstić information content (AvgIpc) is 2.95. The number of amides is 1. The van der Waals surface area contributed by atoms with Gasteiger partial charge in [-0.2, -0.15) is 0 Å². The Kier molecular flexibility index (Phi) is 3.79. The van der Waals surface area contributed by atoms with Crippen LogP contribution in [0.5, 0.6) is 0 Å². The molecule has 1 aromatic heterocycles. The molecule has 104 valence electrons. The Morgan fingerprint density at radius 1 is 1.58 bits per heavy atom. The van der Waals surface area contributed by atoms with Crippen molar-refractivity contribution in [3.8, 4) is 0 Å². The minimum Gasteiger partial charge on any atom is -0.480 e. The smallest absolute Gasteiger partial charge is 0.326 e. The zero-order valence-electron chi connectivity index (χ0n) is 10.7. The van der Waals surface area contributed by atoms with Gasteiger partial charge in [-0.15, -0.1) is 5.10 Å². The molecule has 2 atom stereocenters. The molecule has 3 N–H and O–H groups in total. The molecule has 0 saturated carbocycles. The standard InChI is InChI=1S/C11H17N5O3/c1-7-2-3-16(10(7)11(18)19)9(17)6-15-5-8(4-12)13-14-15/h5,7,10H,2-4,6,12H2,1H3,(H,18,19). The molecule has 2 heterocycles. The van der Waals surface area contributed by atoms with Crippen molar-refractivity contribution < 1.29 is 14.7 Å². The fourth-order valence-electron chi connectivity index (χ4n) is 2.34. The molecule has 2 unspecified atom stereocenters. The molecule has 0 radical (unpaired) electrons. The summed E-state index contributed by atoms with van der Waals surface area (Å²) in [5.41, 5.74) is 6.00. The van der Waals surface area contributed by atoms with Crippen LogP contribution in [0.25, 0.3) is 0 Å². The first-order valence-electron chi connectivity index (χ1n) is 6.14. The second kappa shape index (κ2) is 5.35. The lowest BCUT2D eigenvalue weighted by molar-refractivity contribution is -0.149. The number of carbonyl (C=O) groups excluding carboxylic acids is 1. The first-order chi connectivity index (χ1) is 9.02. The quantitative estimate of drug-likeness (QED) is 0.727. The lowest BCUT2D eigenvalue weighted by atomic mass is 10.0. The van der Waals surface area contributed by atoms with Gasteiger partial charge in [-0.05, 0) is 12.3 Å². The summed E-state index contributed by atoms with van der Waals surface area (Å²) in [7, 11) is 0. The first kappa shape index (κ1) is 13.5. The van der Waals surface area contributed by atoms with E-state index in [1.807, 2.05) is 6.92 Å². The summed E-state index contributed by atoms with van der Waals surface area (Å²) >= 11 is 0. The highest BCUT2D eigenvalue weighted by atomic mass is 16.4. The zero-order chi connectivity index (χ0) is 14.0. The third-order valence-corrected chi connectivity index (χ3v) is 3.37. The Labute approximate surface area is 110 Å². The minimum absolute atomic E-state index is 0.0104. The van der Waals surface area contributed by atoms with Crippen molar-refractivity contribution >= 4 is 11.9 Å². The monoisotopic (exact) mass is 267 g/mol. The van der Waals surface area contributed by atoms with Crippen molar-refractivity contribution in [1.82, 2.24) is 19.9 Å². The predicted octanol–water partition coefficient (Wildman–Crippen LogP) is -0.942. The number of rotatable bonds is 4. The van der Waals surface area contributed by atoms with Gasteiger partial charge >= 0.3 is 5.97 Å². The van der Waals surface area contributed by atoms with E-state index in [2.05, 4.69) is 10.3 Å². The number of likely N-dealkylation sites (tertiary alicyclic amines) is 1. The molecule has 0 aliphatic carbocycles. The van der Waals surface area contributed by atoms with Crippen LogP contribution in [0, 0.1) is 5.92 Å². The zero-order valence-corrected chi connectivity index (χ0v) is 10.7. The van der Waals surface area contributed by atoms with Crippen molar-refractivity contribution in [2.24, 2.45) is 11.7 Å². The number of aromatic nitrogens is 3. The summed E-state index contributed by atoms with van der Waals surface area (Å²) in [6, 6.07) is -0.745. The molecule has 0 spiro atoms. The normalized spacial score (nSPS) is 22.7. The molecule has 0 bridgehead atoms. The van der Waals surface area contributed by atoms with E-state index in [-0.39, 0.29) is 24.9 Å². The van der Waals surface area contributed by atoms with Crippen LogP contribution in [0.1, 0.15) is 19.0 Å². The van der Waals surface area contributed by atoms with Crippen LogP contribution in [-0.2, 0) is 22.7 Å². The number of aliphatic carboxylic acids is 1. The minimum atomic E-state index is -0.959. The van der Waals surface area contributed by atoms with Crippen molar-refractivity contribution in [2.45, 2.75) is 32.5 Å². The van der Waals surface area contributed by atoms with Gasteiger partial charge in [-0.25, -0.2) is 9.48 Å². The van der Waals surface area contributed by atoms with Crippen molar-refractivity contribution in [1.29, 1.82) is 0 Å². The van der Waals surface area contributed by atoms with Gasteiger partial charge in [0, 0.05) is 13.1 Å². The van der Waals surface area contributed by atoms with Crippen molar-refractivity contribution in [2.75, 3.05) is 6.54 Å². The molecule has 19 heavy (non-hydrogen) atoms. The maximum absolute atomic E-state index is 12.1. The maximum atomic E-state index is 12.1. The van der Waals surface area contributed by atoms with Gasteiger partial charge in [0.25, 0.3) is 0 Å². The van der Waals surface area contributed by atoms with E-state index >= 15 is 0 Å². The topological polar surface area (TPSA) is 114 Å². The number of nitrogens with zero attached hydrogens (tertiary/aromatic N) is 4. The highest BCUT2D eigenvalue weighted by molar-refractivity contribution is 5.84. The van der Waals surface area contributed by atoms with Gasteiger partial charge in [0.2, 0.25) is 5.91 Å². The van der Waals surface area contributed by atoms with Crippen molar-refractivity contribution in [3.63, 3.8) is 0 Å². The molecule has 1 aromatic rings. The summed E-state index contributed by atoms with van der Waals surface area (Å²) < 4.78 is 1.38. The number of nitrogens with two attached hydrogens (primary N) is 1. The SMILES string of the molecule is CC1CCN(C(=O)Cn2cc(CN)nn2)C1C(=O)O. The summed E-state index contributed by atoms with van der Waals surface area (Å²) in [5, 5.41) is 16.7. The molecule has 0 aromatic carbocycles. The third-order valence-electron chi connectivity index (χ3n) is 3.37. The molecule has 2 rings (SSSR count). The van der Waals surface area contributed by atoms with Crippen molar-refractivity contribution in [3.05, 3.63) is 11.9 Å². The lowest BCUT2D eigenvalue weighted by Crippen LogP contribution is -2.44. The van der Waals surface area contributed by atoms with Crippen LogP contribution >= 0.6 is 0 Å². The third kappa shape index (κ3) is 2.73. The summed E-state index contributed by atoms with van der Waals surface area (Å²) in [5.74, 6) is -1.25. The first-order valence-corrected chi connectivity index (χ1v) is 6.14. The molecule has 1 amide bonds. The van der Waals surface area contributed by atoms with E-state index in [4.69, 9.17) is 10.8 Å². The van der Waals surface area contributed by atoms with Crippen LogP contribution in [0.2, 0.25) is 0 Å². The van der Waals surface area contributed by atoms with Gasteiger partial charge in [-0.1, -0.05) is 12.1 Å².